The predicted molar refractivity (Wildman–Crippen MR) is 115 cm³/mol. The fraction of sp³-hybridized carbons (Fsp3) is 0.273. The second kappa shape index (κ2) is 9.21. The number of oxime groups is 1. The van der Waals surface area contributed by atoms with E-state index in [1.54, 1.807) is 13.1 Å². The van der Waals surface area contributed by atoms with Gasteiger partial charge in [-0.3, -0.25) is 0 Å². The van der Waals surface area contributed by atoms with Gasteiger partial charge >= 0.3 is 5.69 Å². The molecule has 3 aromatic rings. The standard InChI is InChI=1S/C22H25N5O3/c1-6-12-30-23-17(4)18-11-10-16(3)21(13-18)29-14-19-15(2)8-7-9-20(19)27-22(28)26(5)24-25-27/h6-11,13H,1,12,14H2,2-5H3. The van der Waals surface area contributed by atoms with E-state index >= 15 is 0 Å². The molecule has 0 saturated heterocycles. The molecule has 156 valence electrons. The zero-order chi connectivity index (χ0) is 21.7. The van der Waals surface area contributed by atoms with Gasteiger partial charge in [0.15, 0.2) is 0 Å². The molecule has 0 N–H and O–H groups in total. The van der Waals surface area contributed by atoms with Crippen LogP contribution in [-0.2, 0) is 18.5 Å². The highest BCUT2D eigenvalue weighted by atomic mass is 16.6. The van der Waals surface area contributed by atoms with Crippen molar-refractivity contribution in [3.05, 3.63) is 81.8 Å². The van der Waals surface area contributed by atoms with Crippen LogP contribution < -0.4 is 10.4 Å². The van der Waals surface area contributed by atoms with Crippen LogP contribution in [0.1, 0.15) is 29.2 Å². The van der Waals surface area contributed by atoms with E-state index in [4.69, 9.17) is 9.57 Å². The zero-order valence-corrected chi connectivity index (χ0v) is 17.6. The minimum Gasteiger partial charge on any atom is -0.489 e. The van der Waals surface area contributed by atoms with Gasteiger partial charge in [-0.15, -0.1) is 0 Å². The summed E-state index contributed by atoms with van der Waals surface area (Å²) in [6, 6.07) is 11.6. The van der Waals surface area contributed by atoms with Gasteiger partial charge in [-0.05, 0) is 54.5 Å². The van der Waals surface area contributed by atoms with E-state index in [2.05, 4.69) is 22.2 Å². The third kappa shape index (κ3) is 4.48. The molecule has 3 rings (SSSR count). The Hall–Kier alpha value is -3.68. The summed E-state index contributed by atoms with van der Waals surface area (Å²) in [5.41, 5.74) is 4.83. The molecule has 0 spiro atoms. The molecule has 1 heterocycles. The van der Waals surface area contributed by atoms with E-state index in [1.807, 2.05) is 57.2 Å². The first-order valence-electron chi connectivity index (χ1n) is 9.51. The molecule has 0 atom stereocenters. The Balaban J connectivity index is 1.88. The van der Waals surface area contributed by atoms with Crippen LogP contribution in [0.15, 0.2) is 59.0 Å². The maximum absolute atomic E-state index is 12.3. The summed E-state index contributed by atoms with van der Waals surface area (Å²) in [6.45, 7) is 10.1. The first kappa shape index (κ1) is 21.0. The van der Waals surface area contributed by atoms with Crippen molar-refractivity contribution >= 4 is 5.71 Å². The van der Waals surface area contributed by atoms with Crippen molar-refractivity contribution in [2.45, 2.75) is 27.4 Å². The lowest BCUT2D eigenvalue weighted by atomic mass is 10.1. The van der Waals surface area contributed by atoms with E-state index in [0.717, 1.165) is 33.7 Å². The maximum Gasteiger partial charge on any atom is 0.368 e. The van der Waals surface area contributed by atoms with Crippen molar-refractivity contribution in [1.29, 1.82) is 0 Å². The highest BCUT2D eigenvalue weighted by molar-refractivity contribution is 5.98. The van der Waals surface area contributed by atoms with Gasteiger partial charge in [0.05, 0.1) is 11.4 Å². The molecule has 0 bridgehead atoms. The van der Waals surface area contributed by atoms with Gasteiger partial charge in [0, 0.05) is 18.2 Å². The molecule has 8 heteroatoms. The number of hydrogen-bond acceptors (Lipinski definition) is 6. The summed E-state index contributed by atoms with van der Waals surface area (Å²) in [5.74, 6) is 0.728. The van der Waals surface area contributed by atoms with E-state index in [9.17, 15) is 4.79 Å². The van der Waals surface area contributed by atoms with Gasteiger partial charge in [0.2, 0.25) is 0 Å². The van der Waals surface area contributed by atoms with Crippen molar-refractivity contribution in [3.63, 3.8) is 0 Å². The number of aromatic nitrogens is 4. The molecule has 0 saturated carbocycles. The fourth-order valence-corrected chi connectivity index (χ4v) is 2.91. The van der Waals surface area contributed by atoms with Crippen LogP contribution in [0, 0.1) is 13.8 Å². The smallest absolute Gasteiger partial charge is 0.368 e. The SMILES string of the molecule is C=CCON=C(C)c1ccc(C)c(OCc2c(C)cccc2-n2nnn(C)c2=O)c1. The maximum atomic E-state index is 12.3. The summed E-state index contributed by atoms with van der Waals surface area (Å²) in [6.07, 6.45) is 1.64. The molecule has 8 nitrogen and oxygen atoms in total. The van der Waals surface area contributed by atoms with Crippen LogP contribution in [0.25, 0.3) is 5.69 Å². The molecule has 0 fully saturated rings. The molecular weight excluding hydrogens is 382 g/mol. The number of aryl methyl sites for hydroxylation is 3. The van der Waals surface area contributed by atoms with Gasteiger partial charge in [0.25, 0.3) is 0 Å². The third-order valence-corrected chi connectivity index (χ3v) is 4.71. The van der Waals surface area contributed by atoms with Gasteiger partial charge < -0.3 is 9.57 Å². The Labute approximate surface area is 175 Å². The Morgan fingerprint density at radius 2 is 2.00 bits per heavy atom. The highest BCUT2D eigenvalue weighted by Crippen LogP contribution is 2.24. The fourth-order valence-electron chi connectivity index (χ4n) is 2.91. The van der Waals surface area contributed by atoms with Gasteiger partial charge in [-0.25, -0.2) is 4.79 Å². The number of nitrogens with zero attached hydrogens (tertiary/aromatic N) is 5. The Kier molecular flexibility index (Phi) is 6.46. The van der Waals surface area contributed by atoms with Crippen molar-refractivity contribution in [2.24, 2.45) is 12.2 Å². The Morgan fingerprint density at radius 3 is 2.70 bits per heavy atom. The number of hydrogen-bond donors (Lipinski definition) is 0. The van der Waals surface area contributed by atoms with Crippen LogP contribution >= 0.6 is 0 Å². The molecule has 1 aromatic heterocycles. The summed E-state index contributed by atoms with van der Waals surface area (Å²) in [4.78, 5) is 17.5. The minimum atomic E-state index is -0.314. The lowest BCUT2D eigenvalue weighted by Gasteiger charge is -2.15. The minimum absolute atomic E-state index is 0.276. The van der Waals surface area contributed by atoms with Crippen LogP contribution in [0.2, 0.25) is 0 Å². The predicted octanol–water partition coefficient (Wildman–Crippen LogP) is 3.09. The van der Waals surface area contributed by atoms with E-state index < -0.39 is 0 Å². The normalized spacial score (nSPS) is 11.4. The number of ether oxygens (including phenoxy) is 1. The van der Waals surface area contributed by atoms with Crippen molar-refractivity contribution in [2.75, 3.05) is 6.61 Å². The lowest BCUT2D eigenvalue weighted by molar-refractivity contribution is 0.175. The van der Waals surface area contributed by atoms with E-state index in [0.29, 0.717) is 12.3 Å². The second-order valence-electron chi connectivity index (χ2n) is 6.90. The topological polar surface area (TPSA) is 83.5 Å². The largest absolute Gasteiger partial charge is 0.489 e. The molecule has 2 aromatic carbocycles. The van der Waals surface area contributed by atoms with Crippen LogP contribution in [0.4, 0.5) is 0 Å². The molecular formula is C22H25N5O3. The highest BCUT2D eigenvalue weighted by Gasteiger charge is 2.14. The van der Waals surface area contributed by atoms with Gasteiger partial charge in [-0.1, -0.05) is 42.1 Å². The zero-order valence-electron chi connectivity index (χ0n) is 17.6. The Bertz CT molecular complexity index is 1140. The van der Waals surface area contributed by atoms with E-state index in [-0.39, 0.29) is 12.3 Å². The molecule has 0 amide bonds. The van der Waals surface area contributed by atoms with Crippen molar-refractivity contribution < 1.29 is 9.57 Å². The third-order valence-electron chi connectivity index (χ3n) is 4.71. The van der Waals surface area contributed by atoms with Crippen LogP contribution in [0.5, 0.6) is 5.75 Å². The average molecular weight is 407 g/mol. The number of rotatable bonds is 8. The number of benzene rings is 2. The monoisotopic (exact) mass is 407 g/mol. The van der Waals surface area contributed by atoms with Gasteiger partial charge in [-0.2, -0.15) is 9.36 Å². The first-order chi connectivity index (χ1) is 14.4. The van der Waals surface area contributed by atoms with Gasteiger partial charge in [0.1, 0.15) is 19.0 Å². The molecule has 0 unspecified atom stereocenters. The molecule has 30 heavy (non-hydrogen) atoms. The lowest BCUT2D eigenvalue weighted by Crippen LogP contribution is -2.23. The van der Waals surface area contributed by atoms with Crippen LogP contribution in [0.3, 0.4) is 0 Å². The molecule has 0 aliphatic rings. The molecule has 0 aliphatic heterocycles. The van der Waals surface area contributed by atoms with Crippen molar-refractivity contribution in [1.82, 2.24) is 19.8 Å². The van der Waals surface area contributed by atoms with E-state index in [1.165, 1.54) is 9.36 Å². The summed E-state index contributed by atoms with van der Waals surface area (Å²) in [7, 11) is 1.56. The van der Waals surface area contributed by atoms with Crippen LogP contribution in [-0.4, -0.2) is 32.1 Å². The average Bonchev–Trinajstić information content (AvgIpc) is 3.06. The molecule has 0 radical (unpaired) electrons. The quantitative estimate of drug-likeness (QED) is 0.248. The summed E-state index contributed by atoms with van der Waals surface area (Å²) >= 11 is 0. The second-order valence-corrected chi connectivity index (χ2v) is 6.90. The number of tetrazole rings is 1. The first-order valence-corrected chi connectivity index (χ1v) is 9.51. The Morgan fingerprint density at radius 1 is 1.20 bits per heavy atom. The summed E-state index contributed by atoms with van der Waals surface area (Å²) < 4.78 is 8.62. The molecule has 0 aliphatic carbocycles. The summed E-state index contributed by atoms with van der Waals surface area (Å²) in [5, 5.41) is 11.8. The van der Waals surface area contributed by atoms with Crippen molar-refractivity contribution in [3.8, 4) is 11.4 Å².